The first-order valence-corrected chi connectivity index (χ1v) is 12.1. The van der Waals surface area contributed by atoms with E-state index >= 15 is 0 Å². The zero-order chi connectivity index (χ0) is 23.9. The largest absolute Gasteiger partial charge is 0.395 e. The molecule has 0 aliphatic carbocycles. The third-order valence-corrected chi connectivity index (χ3v) is 7.48. The molecule has 0 bridgehead atoms. The van der Waals surface area contributed by atoms with Crippen molar-refractivity contribution < 1.29 is 45.3 Å². The molecule has 0 spiro atoms. The molecule has 176 valence electrons. The highest BCUT2D eigenvalue weighted by Crippen LogP contribution is 2.41. The number of aliphatic hydroxyl groups excluding tert-OH is 7. The second-order valence-corrected chi connectivity index (χ2v) is 9.52. The molecule has 1 rings (SSSR count). The van der Waals surface area contributed by atoms with Crippen LogP contribution in [0.3, 0.4) is 0 Å². The number of amides is 2. The Bertz CT molecular complexity index is 797. The number of aliphatic hydroxyl groups is 7. The number of carbonyl (C=O) groups is 2. The van der Waals surface area contributed by atoms with Crippen LogP contribution in [0.1, 0.15) is 5.56 Å². The maximum atomic E-state index is 12.7. The van der Waals surface area contributed by atoms with Gasteiger partial charge in [-0.25, -0.2) is 0 Å². The molecular weight excluding hydrogens is 757 g/mol. The number of nitrogens with one attached hydrogen (secondary N) is 1. The van der Waals surface area contributed by atoms with Crippen molar-refractivity contribution in [2.75, 3.05) is 43.2 Å². The topological polar surface area (TPSA) is 191 Å². The molecule has 0 saturated heterocycles. The molecule has 0 saturated carbocycles. The lowest BCUT2D eigenvalue weighted by atomic mass is 10.0. The molecule has 2 amide bonds. The Morgan fingerprint density at radius 2 is 1.45 bits per heavy atom. The Hall–Kier alpha value is 0.0700. The van der Waals surface area contributed by atoms with Crippen LogP contribution in [0.25, 0.3) is 0 Å². The van der Waals surface area contributed by atoms with Crippen molar-refractivity contribution in [1.29, 1.82) is 0 Å². The fourth-order valence-corrected chi connectivity index (χ4v) is 6.97. The minimum absolute atomic E-state index is 0.0495. The Balaban J connectivity index is 3.77. The van der Waals surface area contributed by atoms with E-state index in [1.807, 2.05) is 67.8 Å². The number of hydrogen-bond donors (Lipinski definition) is 8. The molecule has 0 aromatic heterocycles. The number of halogens is 3. The fraction of sp³-hybridized carbons (Fsp3) is 0.529. The van der Waals surface area contributed by atoms with Gasteiger partial charge in [0.1, 0.15) is 0 Å². The fourth-order valence-electron chi connectivity index (χ4n) is 2.51. The standard InChI is InChI=1S/C17H23I3N2O9/c18-11-8(3-7(27)4-24)12(19)15(22(1-2-23)17(31)10(29)6-26)13(20)14(11)21-16(30)9(28)5-25/h7,9-10,23-29H,1-6H2,(H,21,30). The van der Waals surface area contributed by atoms with Crippen molar-refractivity contribution in [3.8, 4) is 0 Å². The van der Waals surface area contributed by atoms with Crippen molar-refractivity contribution >= 4 is 91.0 Å². The quantitative estimate of drug-likeness (QED) is 0.122. The van der Waals surface area contributed by atoms with Gasteiger partial charge >= 0.3 is 0 Å². The molecule has 0 aliphatic heterocycles. The van der Waals surface area contributed by atoms with E-state index in [1.54, 1.807) is 0 Å². The van der Waals surface area contributed by atoms with Gasteiger partial charge in [-0.3, -0.25) is 9.59 Å². The number of benzene rings is 1. The van der Waals surface area contributed by atoms with Gasteiger partial charge in [0.05, 0.1) is 47.5 Å². The van der Waals surface area contributed by atoms with Crippen LogP contribution < -0.4 is 10.2 Å². The molecule has 31 heavy (non-hydrogen) atoms. The maximum absolute atomic E-state index is 12.7. The number of rotatable bonds is 11. The van der Waals surface area contributed by atoms with E-state index in [2.05, 4.69) is 5.32 Å². The highest BCUT2D eigenvalue weighted by atomic mass is 127. The van der Waals surface area contributed by atoms with Crippen LogP contribution >= 0.6 is 67.8 Å². The molecule has 8 N–H and O–H groups in total. The lowest BCUT2D eigenvalue weighted by molar-refractivity contribution is -0.128. The summed E-state index contributed by atoms with van der Waals surface area (Å²) in [4.78, 5) is 25.9. The van der Waals surface area contributed by atoms with Crippen LogP contribution in [0.15, 0.2) is 0 Å². The van der Waals surface area contributed by atoms with Gasteiger partial charge in [-0.1, -0.05) is 0 Å². The second kappa shape index (κ2) is 13.7. The van der Waals surface area contributed by atoms with E-state index in [0.29, 0.717) is 16.3 Å². The van der Waals surface area contributed by atoms with Crippen LogP contribution in [0.5, 0.6) is 0 Å². The van der Waals surface area contributed by atoms with E-state index in [0.717, 1.165) is 4.90 Å². The summed E-state index contributed by atoms with van der Waals surface area (Å²) in [5.41, 5.74) is 0.826. The Kier molecular flexibility index (Phi) is 12.9. The van der Waals surface area contributed by atoms with Crippen LogP contribution in [-0.2, 0) is 16.0 Å². The smallest absolute Gasteiger partial charge is 0.258 e. The van der Waals surface area contributed by atoms with Gasteiger partial charge in [0.25, 0.3) is 11.8 Å². The average Bonchev–Trinajstić information content (AvgIpc) is 2.76. The molecular formula is C17H23I3N2O9. The maximum Gasteiger partial charge on any atom is 0.258 e. The summed E-state index contributed by atoms with van der Waals surface area (Å²) in [5, 5.41) is 68.9. The minimum Gasteiger partial charge on any atom is -0.395 e. The van der Waals surface area contributed by atoms with Gasteiger partial charge in [-0.05, 0) is 73.3 Å². The summed E-state index contributed by atoms with van der Waals surface area (Å²) >= 11 is 5.66. The summed E-state index contributed by atoms with van der Waals surface area (Å²) in [6, 6.07) is 0. The molecule has 11 nitrogen and oxygen atoms in total. The van der Waals surface area contributed by atoms with Crippen molar-refractivity contribution in [3.05, 3.63) is 16.3 Å². The first kappa shape index (κ1) is 29.1. The van der Waals surface area contributed by atoms with E-state index in [1.165, 1.54) is 0 Å². The van der Waals surface area contributed by atoms with Crippen molar-refractivity contribution in [1.82, 2.24) is 0 Å². The van der Waals surface area contributed by atoms with Crippen molar-refractivity contribution in [2.45, 2.75) is 24.7 Å². The van der Waals surface area contributed by atoms with Crippen LogP contribution in [-0.4, -0.2) is 98.8 Å². The molecule has 3 unspecified atom stereocenters. The predicted octanol–water partition coefficient (Wildman–Crippen LogP) is -1.63. The number of nitrogens with zero attached hydrogens (tertiary/aromatic N) is 1. The van der Waals surface area contributed by atoms with E-state index in [9.17, 15) is 40.2 Å². The third kappa shape index (κ3) is 7.27. The monoisotopic (exact) mass is 780 g/mol. The lowest BCUT2D eigenvalue weighted by Gasteiger charge is -2.29. The minimum atomic E-state index is -1.75. The number of carbonyl (C=O) groups excluding carboxylic acids is 2. The number of anilines is 2. The summed E-state index contributed by atoms with van der Waals surface area (Å²) in [5.74, 6) is -1.80. The second-order valence-electron chi connectivity index (χ2n) is 6.28. The van der Waals surface area contributed by atoms with Gasteiger partial charge in [-0.15, -0.1) is 0 Å². The van der Waals surface area contributed by atoms with Crippen molar-refractivity contribution in [3.63, 3.8) is 0 Å². The van der Waals surface area contributed by atoms with E-state index in [4.69, 9.17) is 5.11 Å². The summed E-state index contributed by atoms with van der Waals surface area (Å²) in [6.07, 6.45) is -4.65. The zero-order valence-electron chi connectivity index (χ0n) is 16.0. The molecule has 0 heterocycles. The Morgan fingerprint density at radius 1 is 0.871 bits per heavy atom. The summed E-state index contributed by atoms with van der Waals surface area (Å²) < 4.78 is 1.23. The van der Waals surface area contributed by atoms with Gasteiger partial charge in [0.15, 0.2) is 12.2 Å². The first-order valence-electron chi connectivity index (χ1n) is 8.84. The van der Waals surface area contributed by atoms with Crippen LogP contribution in [0.4, 0.5) is 11.4 Å². The molecule has 3 atom stereocenters. The molecule has 1 aromatic rings. The molecule has 0 radical (unpaired) electrons. The SMILES string of the molecule is O=C(Nc1c(I)c(CC(O)CO)c(I)c(N(CCO)C(=O)C(O)CO)c1I)C(O)CO. The van der Waals surface area contributed by atoms with Gasteiger partial charge in [0.2, 0.25) is 0 Å². The lowest BCUT2D eigenvalue weighted by Crippen LogP contribution is -2.43. The first-order chi connectivity index (χ1) is 14.5. The van der Waals surface area contributed by atoms with Gasteiger partial charge in [-0.2, -0.15) is 0 Å². The van der Waals surface area contributed by atoms with Gasteiger partial charge < -0.3 is 46.0 Å². The van der Waals surface area contributed by atoms with E-state index < -0.39 is 56.6 Å². The molecule has 1 aromatic carbocycles. The number of hydrogen-bond acceptors (Lipinski definition) is 9. The van der Waals surface area contributed by atoms with Gasteiger partial charge in [0, 0.05) is 20.1 Å². The van der Waals surface area contributed by atoms with Crippen LogP contribution in [0, 0.1) is 10.7 Å². The average molecular weight is 780 g/mol. The van der Waals surface area contributed by atoms with E-state index in [-0.39, 0.29) is 24.3 Å². The zero-order valence-corrected chi connectivity index (χ0v) is 22.5. The molecule has 0 aliphatic rings. The Labute approximate surface area is 218 Å². The molecule has 14 heteroatoms. The Morgan fingerprint density at radius 3 is 1.94 bits per heavy atom. The highest BCUT2D eigenvalue weighted by Gasteiger charge is 2.31. The van der Waals surface area contributed by atoms with Crippen molar-refractivity contribution in [2.24, 2.45) is 0 Å². The summed E-state index contributed by atoms with van der Waals surface area (Å²) in [6.45, 7) is -2.91. The summed E-state index contributed by atoms with van der Waals surface area (Å²) in [7, 11) is 0. The predicted molar refractivity (Wildman–Crippen MR) is 136 cm³/mol. The molecule has 0 fully saturated rings. The normalized spacial score (nSPS) is 14.1. The highest BCUT2D eigenvalue weighted by molar-refractivity contribution is 14.1. The third-order valence-electron chi connectivity index (χ3n) is 4.08. The van der Waals surface area contributed by atoms with Crippen LogP contribution in [0.2, 0.25) is 0 Å².